The van der Waals surface area contributed by atoms with E-state index in [4.69, 9.17) is 10.3 Å². The average Bonchev–Trinajstić information content (AvgIpc) is 2.85. The van der Waals surface area contributed by atoms with Gasteiger partial charge in [0.05, 0.1) is 11.1 Å². The minimum absolute atomic E-state index is 0. The van der Waals surface area contributed by atoms with Crippen LogP contribution in [-0.4, -0.2) is 16.8 Å². The molecule has 0 unspecified atom stereocenters. The predicted molar refractivity (Wildman–Crippen MR) is 73.3 cm³/mol. The number of alkyl halides is 2. The molecule has 0 atom stereocenters. The van der Waals surface area contributed by atoms with E-state index >= 15 is 0 Å². The number of aromatic nitrogens is 2. The second-order valence-corrected chi connectivity index (χ2v) is 4.81. The summed E-state index contributed by atoms with van der Waals surface area (Å²) in [5.41, 5.74) is 5.87. The molecule has 3 rings (SSSR count). The summed E-state index contributed by atoms with van der Waals surface area (Å²) in [6.07, 6.45) is 2.60. The van der Waals surface area contributed by atoms with Crippen molar-refractivity contribution >= 4 is 12.4 Å². The predicted octanol–water partition coefficient (Wildman–Crippen LogP) is 3.10. The van der Waals surface area contributed by atoms with E-state index in [0.29, 0.717) is 11.4 Å². The Labute approximate surface area is 125 Å². The molecule has 1 saturated carbocycles. The molecule has 8 heteroatoms. The summed E-state index contributed by atoms with van der Waals surface area (Å²) in [6, 6.07) is 6.28. The molecular weight excluding hydrogens is 304 g/mol. The lowest BCUT2D eigenvalue weighted by Crippen LogP contribution is -2.44. The SMILES string of the molecule is Cl.NC1(c2noc(-c3ccccc3OC(F)F)n2)CCC1. The van der Waals surface area contributed by atoms with Crippen LogP contribution in [0.3, 0.4) is 0 Å². The molecular formula is C13H14ClF2N3O2. The summed E-state index contributed by atoms with van der Waals surface area (Å²) in [4.78, 5) is 4.21. The van der Waals surface area contributed by atoms with Gasteiger partial charge in [-0.2, -0.15) is 13.8 Å². The van der Waals surface area contributed by atoms with E-state index < -0.39 is 12.2 Å². The van der Waals surface area contributed by atoms with Crippen LogP contribution in [0.4, 0.5) is 8.78 Å². The van der Waals surface area contributed by atoms with E-state index in [2.05, 4.69) is 14.9 Å². The first-order chi connectivity index (χ1) is 9.58. The van der Waals surface area contributed by atoms with E-state index in [0.717, 1.165) is 19.3 Å². The summed E-state index contributed by atoms with van der Waals surface area (Å²) < 4.78 is 34.3. The molecule has 0 radical (unpaired) electrons. The lowest BCUT2D eigenvalue weighted by Gasteiger charge is -2.34. The zero-order valence-electron chi connectivity index (χ0n) is 11.0. The Hall–Kier alpha value is -1.73. The van der Waals surface area contributed by atoms with Crippen LogP contribution in [0, 0.1) is 0 Å². The summed E-state index contributed by atoms with van der Waals surface area (Å²) in [5.74, 6) is 0.538. The molecule has 0 saturated heterocycles. The third kappa shape index (κ3) is 2.98. The molecule has 2 aromatic rings. The van der Waals surface area contributed by atoms with Gasteiger partial charge < -0.3 is 15.0 Å². The molecule has 2 N–H and O–H groups in total. The first kappa shape index (κ1) is 15.7. The van der Waals surface area contributed by atoms with Gasteiger partial charge in [0, 0.05) is 0 Å². The number of rotatable bonds is 4. The number of ether oxygens (including phenoxy) is 1. The zero-order valence-corrected chi connectivity index (χ0v) is 11.8. The maximum atomic E-state index is 12.4. The minimum Gasteiger partial charge on any atom is -0.434 e. The highest BCUT2D eigenvalue weighted by Crippen LogP contribution is 2.38. The molecule has 0 bridgehead atoms. The van der Waals surface area contributed by atoms with Crippen molar-refractivity contribution in [1.82, 2.24) is 10.1 Å². The third-order valence-electron chi connectivity index (χ3n) is 3.45. The summed E-state index contributed by atoms with van der Waals surface area (Å²) >= 11 is 0. The largest absolute Gasteiger partial charge is 0.434 e. The van der Waals surface area contributed by atoms with Crippen molar-refractivity contribution < 1.29 is 18.0 Å². The normalized spacial score (nSPS) is 16.2. The molecule has 1 fully saturated rings. The monoisotopic (exact) mass is 317 g/mol. The molecule has 1 heterocycles. The molecule has 5 nitrogen and oxygen atoms in total. The summed E-state index contributed by atoms with van der Waals surface area (Å²) in [5, 5.41) is 3.85. The van der Waals surface area contributed by atoms with Crippen LogP contribution in [-0.2, 0) is 5.54 Å². The number of halogens is 3. The Morgan fingerprint density at radius 2 is 2.00 bits per heavy atom. The first-order valence-corrected chi connectivity index (χ1v) is 6.26. The topological polar surface area (TPSA) is 74.2 Å². The van der Waals surface area contributed by atoms with Gasteiger partial charge in [0.2, 0.25) is 0 Å². The molecule has 1 aromatic carbocycles. The van der Waals surface area contributed by atoms with E-state index in [1.807, 2.05) is 0 Å². The number of hydrogen-bond acceptors (Lipinski definition) is 5. The molecule has 1 aromatic heterocycles. The molecule has 1 aliphatic rings. The fourth-order valence-electron chi connectivity index (χ4n) is 2.16. The van der Waals surface area contributed by atoms with Crippen molar-refractivity contribution in [3.05, 3.63) is 30.1 Å². The van der Waals surface area contributed by atoms with Crippen LogP contribution in [0.5, 0.6) is 5.75 Å². The highest BCUT2D eigenvalue weighted by Gasteiger charge is 2.39. The number of benzene rings is 1. The van der Waals surface area contributed by atoms with Gasteiger partial charge in [-0.25, -0.2) is 0 Å². The Morgan fingerprint density at radius 1 is 1.29 bits per heavy atom. The second-order valence-electron chi connectivity index (χ2n) is 4.81. The fourth-order valence-corrected chi connectivity index (χ4v) is 2.16. The number of nitrogens with two attached hydrogens (primary N) is 1. The zero-order chi connectivity index (χ0) is 14.2. The Kier molecular flexibility index (Phi) is 4.43. The standard InChI is InChI=1S/C13H13F2N3O2.ClH/c14-12(15)19-9-5-2-1-4-8(9)10-17-11(18-20-10)13(16)6-3-7-13;/h1-2,4-5,12H,3,6-7,16H2;1H. The van der Waals surface area contributed by atoms with Crippen molar-refractivity contribution in [3.8, 4) is 17.2 Å². The summed E-state index contributed by atoms with van der Waals surface area (Å²) in [7, 11) is 0. The maximum absolute atomic E-state index is 12.4. The fraction of sp³-hybridized carbons (Fsp3) is 0.385. The third-order valence-corrected chi connectivity index (χ3v) is 3.45. The Morgan fingerprint density at radius 3 is 2.62 bits per heavy atom. The lowest BCUT2D eigenvalue weighted by molar-refractivity contribution is -0.0495. The van der Waals surface area contributed by atoms with Gasteiger partial charge in [0.15, 0.2) is 5.82 Å². The molecule has 0 aliphatic heterocycles. The first-order valence-electron chi connectivity index (χ1n) is 6.26. The highest BCUT2D eigenvalue weighted by atomic mass is 35.5. The summed E-state index contributed by atoms with van der Waals surface area (Å²) in [6.45, 7) is -2.91. The maximum Gasteiger partial charge on any atom is 0.387 e. The van der Waals surface area contributed by atoms with Gasteiger partial charge in [-0.05, 0) is 31.4 Å². The van der Waals surface area contributed by atoms with Gasteiger partial charge in [0.25, 0.3) is 5.89 Å². The van der Waals surface area contributed by atoms with Gasteiger partial charge >= 0.3 is 6.61 Å². The quantitative estimate of drug-likeness (QED) is 0.938. The average molecular weight is 318 g/mol. The number of para-hydroxylation sites is 1. The molecule has 0 amide bonds. The molecule has 1 aliphatic carbocycles. The lowest BCUT2D eigenvalue weighted by atomic mass is 9.77. The minimum atomic E-state index is -2.91. The van der Waals surface area contributed by atoms with Crippen LogP contribution in [0.25, 0.3) is 11.5 Å². The molecule has 0 spiro atoms. The highest BCUT2D eigenvalue weighted by molar-refractivity contribution is 5.85. The Bertz CT molecular complexity index is 617. The van der Waals surface area contributed by atoms with E-state index in [9.17, 15) is 8.78 Å². The van der Waals surface area contributed by atoms with Crippen molar-refractivity contribution in [3.63, 3.8) is 0 Å². The van der Waals surface area contributed by atoms with Crippen LogP contribution in [0.15, 0.2) is 28.8 Å². The van der Waals surface area contributed by atoms with Gasteiger partial charge in [-0.1, -0.05) is 17.3 Å². The smallest absolute Gasteiger partial charge is 0.387 e. The van der Waals surface area contributed by atoms with Crippen molar-refractivity contribution in [1.29, 1.82) is 0 Å². The van der Waals surface area contributed by atoms with Crippen LogP contribution >= 0.6 is 12.4 Å². The van der Waals surface area contributed by atoms with Gasteiger partial charge in [-0.3, -0.25) is 0 Å². The molecule has 114 valence electrons. The van der Waals surface area contributed by atoms with Crippen molar-refractivity contribution in [2.24, 2.45) is 5.73 Å². The number of hydrogen-bond donors (Lipinski definition) is 1. The molecule has 21 heavy (non-hydrogen) atoms. The van der Waals surface area contributed by atoms with Crippen molar-refractivity contribution in [2.45, 2.75) is 31.4 Å². The van der Waals surface area contributed by atoms with Gasteiger partial charge in [0.1, 0.15) is 5.75 Å². The van der Waals surface area contributed by atoms with Crippen LogP contribution in [0.2, 0.25) is 0 Å². The van der Waals surface area contributed by atoms with E-state index in [-0.39, 0.29) is 24.0 Å². The van der Waals surface area contributed by atoms with Gasteiger partial charge in [-0.15, -0.1) is 12.4 Å². The van der Waals surface area contributed by atoms with E-state index in [1.165, 1.54) is 6.07 Å². The van der Waals surface area contributed by atoms with Crippen LogP contribution in [0.1, 0.15) is 25.1 Å². The van der Waals surface area contributed by atoms with Crippen molar-refractivity contribution in [2.75, 3.05) is 0 Å². The van der Waals surface area contributed by atoms with Crippen LogP contribution < -0.4 is 10.5 Å². The Balaban J connectivity index is 0.00000161. The number of nitrogens with zero attached hydrogens (tertiary/aromatic N) is 2. The van der Waals surface area contributed by atoms with E-state index in [1.54, 1.807) is 18.2 Å². The second kappa shape index (κ2) is 5.95.